The maximum Gasteiger partial charge on any atom is 0.323 e. The molecule has 1 saturated carbocycles. The van der Waals surface area contributed by atoms with Gasteiger partial charge in [-0.05, 0) is 18.3 Å². The van der Waals surface area contributed by atoms with Gasteiger partial charge in [-0.25, -0.2) is 0 Å². The number of carbonyl (C=O) groups is 1. The molecule has 1 aliphatic rings. The van der Waals surface area contributed by atoms with Crippen molar-refractivity contribution in [3.63, 3.8) is 0 Å². The summed E-state index contributed by atoms with van der Waals surface area (Å²) in [5, 5.41) is 0. The Hall–Kier alpha value is -0.570. The van der Waals surface area contributed by atoms with Crippen molar-refractivity contribution in [1.82, 2.24) is 0 Å². The Labute approximate surface area is 79.6 Å². The highest BCUT2D eigenvalue weighted by Gasteiger charge is 2.23. The van der Waals surface area contributed by atoms with Crippen molar-refractivity contribution in [3.8, 4) is 0 Å². The van der Waals surface area contributed by atoms with Crippen LogP contribution >= 0.6 is 0 Å². The first-order valence-corrected chi connectivity index (χ1v) is 5.03. The molecule has 1 unspecified atom stereocenters. The predicted octanol–water partition coefficient (Wildman–Crippen LogP) is 1.31. The van der Waals surface area contributed by atoms with Crippen molar-refractivity contribution in [3.05, 3.63) is 0 Å². The first-order valence-electron chi connectivity index (χ1n) is 5.03. The molecule has 0 aliphatic heterocycles. The van der Waals surface area contributed by atoms with Crippen molar-refractivity contribution in [1.29, 1.82) is 0 Å². The minimum Gasteiger partial charge on any atom is -0.465 e. The molecule has 0 saturated heterocycles. The molecule has 76 valence electrons. The van der Waals surface area contributed by atoms with Crippen LogP contribution in [0.4, 0.5) is 0 Å². The molecular formula is C10H19NO2. The molecule has 0 amide bonds. The fourth-order valence-electron chi connectivity index (χ4n) is 1.10. The van der Waals surface area contributed by atoms with Crippen molar-refractivity contribution < 1.29 is 9.53 Å². The first kappa shape index (κ1) is 10.5. The van der Waals surface area contributed by atoms with Crippen molar-refractivity contribution in [2.75, 3.05) is 6.61 Å². The Balaban J connectivity index is 2.08. The van der Waals surface area contributed by atoms with Crippen molar-refractivity contribution in [2.24, 2.45) is 17.6 Å². The Morgan fingerprint density at radius 3 is 2.62 bits per heavy atom. The van der Waals surface area contributed by atoms with E-state index in [1.165, 1.54) is 12.8 Å². The maximum atomic E-state index is 11.2. The highest BCUT2D eigenvalue weighted by Crippen LogP contribution is 2.32. The third kappa shape index (κ3) is 3.77. The Bertz CT molecular complexity index is 176. The number of carbonyl (C=O) groups excluding carboxylic acids is 1. The topological polar surface area (TPSA) is 52.3 Å². The third-order valence-corrected chi connectivity index (χ3v) is 2.46. The lowest BCUT2D eigenvalue weighted by molar-refractivity contribution is -0.146. The van der Waals surface area contributed by atoms with E-state index in [1.54, 1.807) is 0 Å². The molecule has 0 bridgehead atoms. The zero-order valence-electron chi connectivity index (χ0n) is 8.45. The molecule has 0 aromatic carbocycles. The molecule has 1 aliphatic carbocycles. The Kier molecular flexibility index (Phi) is 3.72. The van der Waals surface area contributed by atoms with Crippen LogP contribution in [0, 0.1) is 11.8 Å². The highest BCUT2D eigenvalue weighted by molar-refractivity contribution is 5.75. The minimum absolute atomic E-state index is 0.161. The summed E-state index contributed by atoms with van der Waals surface area (Å²) in [5.74, 6) is 0.715. The quantitative estimate of drug-likeness (QED) is 0.657. The monoisotopic (exact) mass is 185 g/mol. The van der Waals surface area contributed by atoms with Crippen LogP contribution in [0.1, 0.15) is 33.1 Å². The van der Waals surface area contributed by atoms with Crippen LogP contribution in [-0.2, 0) is 9.53 Å². The van der Waals surface area contributed by atoms with Gasteiger partial charge in [0.15, 0.2) is 0 Å². The van der Waals surface area contributed by atoms with Crippen LogP contribution in [0.5, 0.6) is 0 Å². The lowest BCUT2D eigenvalue weighted by Crippen LogP contribution is -2.37. The maximum absolute atomic E-state index is 11.2. The van der Waals surface area contributed by atoms with Gasteiger partial charge in [-0.1, -0.05) is 26.7 Å². The summed E-state index contributed by atoms with van der Waals surface area (Å²) < 4.78 is 5.05. The fraction of sp³-hybridized carbons (Fsp3) is 0.900. The number of rotatable bonds is 5. The van der Waals surface area contributed by atoms with E-state index in [4.69, 9.17) is 10.5 Å². The Morgan fingerprint density at radius 2 is 2.15 bits per heavy atom. The predicted molar refractivity (Wildman–Crippen MR) is 51.1 cm³/mol. The number of hydrogen-bond donors (Lipinski definition) is 1. The molecule has 1 fully saturated rings. The molecule has 13 heavy (non-hydrogen) atoms. The van der Waals surface area contributed by atoms with Crippen LogP contribution < -0.4 is 5.73 Å². The van der Waals surface area contributed by atoms with Crippen LogP contribution in [0.15, 0.2) is 0 Å². The highest BCUT2D eigenvalue weighted by atomic mass is 16.5. The van der Waals surface area contributed by atoms with E-state index in [0.29, 0.717) is 6.61 Å². The zero-order valence-corrected chi connectivity index (χ0v) is 8.45. The van der Waals surface area contributed by atoms with Gasteiger partial charge in [-0.3, -0.25) is 4.79 Å². The lowest BCUT2D eigenvalue weighted by Gasteiger charge is -2.14. The summed E-state index contributed by atoms with van der Waals surface area (Å²) in [6, 6.07) is -0.459. The summed E-state index contributed by atoms with van der Waals surface area (Å²) in [7, 11) is 0. The SMILES string of the molecule is CC(C)C(N)C(=O)OCCC1CC1. The minimum atomic E-state index is -0.459. The molecule has 3 heteroatoms. The van der Waals surface area contributed by atoms with Gasteiger partial charge in [0, 0.05) is 0 Å². The molecule has 0 radical (unpaired) electrons. The molecule has 0 aromatic rings. The molecule has 0 spiro atoms. The van der Waals surface area contributed by atoms with Gasteiger partial charge in [-0.15, -0.1) is 0 Å². The van der Waals surface area contributed by atoms with Crippen LogP contribution in [-0.4, -0.2) is 18.6 Å². The average molecular weight is 185 g/mol. The lowest BCUT2D eigenvalue weighted by atomic mass is 10.1. The van der Waals surface area contributed by atoms with Gasteiger partial charge in [0.1, 0.15) is 6.04 Å². The number of nitrogens with two attached hydrogens (primary N) is 1. The summed E-state index contributed by atoms with van der Waals surface area (Å²) in [6.07, 6.45) is 3.61. The van der Waals surface area contributed by atoms with Crippen LogP contribution in [0.25, 0.3) is 0 Å². The van der Waals surface area contributed by atoms with E-state index >= 15 is 0 Å². The standard InChI is InChI=1S/C10H19NO2/c1-7(2)9(11)10(12)13-6-5-8-3-4-8/h7-9H,3-6,11H2,1-2H3. The normalized spacial score (nSPS) is 18.8. The molecule has 0 aromatic heterocycles. The molecular weight excluding hydrogens is 166 g/mol. The van der Waals surface area contributed by atoms with Crippen molar-refractivity contribution >= 4 is 5.97 Å². The van der Waals surface area contributed by atoms with E-state index in [9.17, 15) is 4.79 Å². The van der Waals surface area contributed by atoms with E-state index in [-0.39, 0.29) is 11.9 Å². The van der Waals surface area contributed by atoms with Gasteiger partial charge in [0.2, 0.25) is 0 Å². The van der Waals surface area contributed by atoms with Crippen LogP contribution in [0.3, 0.4) is 0 Å². The van der Waals surface area contributed by atoms with Gasteiger partial charge in [-0.2, -0.15) is 0 Å². The first-order chi connectivity index (χ1) is 6.11. The van der Waals surface area contributed by atoms with E-state index in [1.807, 2.05) is 13.8 Å². The van der Waals surface area contributed by atoms with E-state index in [2.05, 4.69) is 0 Å². The average Bonchev–Trinajstić information content (AvgIpc) is 2.86. The van der Waals surface area contributed by atoms with Gasteiger partial charge >= 0.3 is 5.97 Å². The second kappa shape index (κ2) is 4.61. The van der Waals surface area contributed by atoms with E-state index < -0.39 is 6.04 Å². The molecule has 2 N–H and O–H groups in total. The van der Waals surface area contributed by atoms with Crippen LogP contribution in [0.2, 0.25) is 0 Å². The second-order valence-corrected chi connectivity index (χ2v) is 4.17. The van der Waals surface area contributed by atoms with Gasteiger partial charge in [0.25, 0.3) is 0 Å². The second-order valence-electron chi connectivity index (χ2n) is 4.17. The van der Waals surface area contributed by atoms with Gasteiger partial charge < -0.3 is 10.5 Å². The summed E-state index contributed by atoms with van der Waals surface area (Å²) in [6.45, 7) is 4.39. The largest absolute Gasteiger partial charge is 0.465 e. The van der Waals surface area contributed by atoms with Gasteiger partial charge in [0.05, 0.1) is 6.61 Å². The van der Waals surface area contributed by atoms with Crippen molar-refractivity contribution in [2.45, 2.75) is 39.2 Å². The smallest absolute Gasteiger partial charge is 0.323 e. The molecule has 1 rings (SSSR count). The molecule has 1 atom stereocenters. The number of ether oxygens (including phenoxy) is 1. The third-order valence-electron chi connectivity index (χ3n) is 2.46. The molecule has 0 heterocycles. The summed E-state index contributed by atoms with van der Waals surface area (Å²) in [4.78, 5) is 11.2. The molecule has 3 nitrogen and oxygen atoms in total. The summed E-state index contributed by atoms with van der Waals surface area (Å²) in [5.41, 5.74) is 5.62. The number of esters is 1. The number of hydrogen-bond acceptors (Lipinski definition) is 3. The zero-order chi connectivity index (χ0) is 9.84. The fourth-order valence-corrected chi connectivity index (χ4v) is 1.10. The van der Waals surface area contributed by atoms with E-state index in [0.717, 1.165) is 12.3 Å². The summed E-state index contributed by atoms with van der Waals surface area (Å²) >= 11 is 0. The Morgan fingerprint density at radius 1 is 1.54 bits per heavy atom.